The van der Waals surface area contributed by atoms with E-state index in [0.717, 1.165) is 18.2 Å². The van der Waals surface area contributed by atoms with E-state index in [9.17, 15) is 8.78 Å². The Labute approximate surface area is 112 Å². The Bertz CT molecular complexity index is 605. The Morgan fingerprint density at radius 1 is 1.11 bits per heavy atom. The minimum absolute atomic E-state index is 0.0420. The zero-order valence-corrected chi connectivity index (χ0v) is 10.4. The van der Waals surface area contributed by atoms with Crippen molar-refractivity contribution in [3.8, 4) is 0 Å². The lowest BCUT2D eigenvalue weighted by molar-refractivity contribution is 0.603. The molecule has 2 aromatic rings. The molecular weight excluding hydrogens is 283 g/mol. The van der Waals surface area contributed by atoms with E-state index in [0.29, 0.717) is 0 Å². The summed E-state index contributed by atoms with van der Waals surface area (Å²) in [6.07, 6.45) is 0. The fourth-order valence-corrected chi connectivity index (χ4v) is 1.70. The zero-order valence-electron chi connectivity index (χ0n) is 8.85. The van der Waals surface area contributed by atoms with E-state index in [4.69, 9.17) is 28.9 Å². The number of pyridine rings is 1. The highest BCUT2D eigenvalue weighted by atomic mass is 35.5. The van der Waals surface area contributed by atoms with Crippen molar-refractivity contribution in [2.24, 2.45) is 0 Å². The third-order valence-corrected chi connectivity index (χ3v) is 2.73. The zero-order chi connectivity index (χ0) is 13.3. The van der Waals surface area contributed by atoms with Gasteiger partial charge in [-0.15, -0.1) is 0 Å². The van der Waals surface area contributed by atoms with Gasteiger partial charge < -0.3 is 11.1 Å². The van der Waals surface area contributed by atoms with Crippen LogP contribution in [0.4, 0.5) is 26.1 Å². The van der Waals surface area contributed by atoms with Crippen LogP contribution in [-0.2, 0) is 0 Å². The summed E-state index contributed by atoms with van der Waals surface area (Å²) in [4.78, 5) is 3.85. The Hall–Kier alpha value is -1.59. The van der Waals surface area contributed by atoms with Gasteiger partial charge in [-0.3, -0.25) is 0 Å². The molecule has 2 rings (SSSR count). The first-order valence-electron chi connectivity index (χ1n) is 4.81. The van der Waals surface area contributed by atoms with E-state index in [1.165, 1.54) is 6.07 Å². The van der Waals surface area contributed by atoms with Crippen LogP contribution in [0.2, 0.25) is 10.0 Å². The van der Waals surface area contributed by atoms with Crippen molar-refractivity contribution in [2.45, 2.75) is 0 Å². The number of halogens is 4. The summed E-state index contributed by atoms with van der Waals surface area (Å²) in [5.74, 6) is -1.08. The molecule has 3 nitrogen and oxygen atoms in total. The van der Waals surface area contributed by atoms with Gasteiger partial charge in [0, 0.05) is 6.07 Å². The molecule has 1 aromatic heterocycles. The van der Waals surface area contributed by atoms with Crippen molar-refractivity contribution in [3.63, 3.8) is 0 Å². The van der Waals surface area contributed by atoms with E-state index < -0.39 is 11.6 Å². The monoisotopic (exact) mass is 289 g/mol. The number of hydrogen-bond acceptors (Lipinski definition) is 3. The van der Waals surface area contributed by atoms with Crippen LogP contribution in [0, 0.1) is 11.6 Å². The molecule has 1 heterocycles. The average molecular weight is 290 g/mol. The minimum Gasteiger partial charge on any atom is -0.382 e. The Balaban J connectivity index is 2.40. The largest absolute Gasteiger partial charge is 0.382 e. The van der Waals surface area contributed by atoms with Crippen molar-refractivity contribution in [1.29, 1.82) is 0 Å². The van der Waals surface area contributed by atoms with Gasteiger partial charge in [-0.25, -0.2) is 13.8 Å². The molecule has 0 unspecified atom stereocenters. The molecule has 0 fully saturated rings. The van der Waals surface area contributed by atoms with Crippen molar-refractivity contribution in [2.75, 3.05) is 11.1 Å². The summed E-state index contributed by atoms with van der Waals surface area (Å²) in [6.45, 7) is 0. The van der Waals surface area contributed by atoms with Gasteiger partial charge in [0.05, 0.1) is 15.7 Å². The average Bonchev–Trinajstić information content (AvgIpc) is 2.30. The second-order valence-corrected chi connectivity index (χ2v) is 4.25. The Morgan fingerprint density at radius 2 is 1.83 bits per heavy atom. The lowest BCUT2D eigenvalue weighted by atomic mass is 10.3. The SMILES string of the molecule is Nc1nc(Nc2cc(F)ccc2F)c(Cl)cc1Cl. The van der Waals surface area contributed by atoms with Crippen LogP contribution in [-0.4, -0.2) is 4.98 Å². The number of benzene rings is 1. The van der Waals surface area contributed by atoms with E-state index in [1.807, 2.05) is 0 Å². The Morgan fingerprint density at radius 3 is 2.56 bits per heavy atom. The van der Waals surface area contributed by atoms with Gasteiger partial charge in [0.15, 0.2) is 5.82 Å². The number of rotatable bonds is 2. The number of nitrogen functional groups attached to an aromatic ring is 1. The smallest absolute Gasteiger partial charge is 0.151 e. The highest BCUT2D eigenvalue weighted by molar-refractivity contribution is 6.37. The van der Waals surface area contributed by atoms with Gasteiger partial charge in [-0.2, -0.15) is 0 Å². The molecule has 0 bridgehead atoms. The minimum atomic E-state index is -0.636. The highest BCUT2D eigenvalue weighted by Gasteiger charge is 2.10. The molecule has 0 aliphatic carbocycles. The van der Waals surface area contributed by atoms with Crippen LogP contribution >= 0.6 is 23.2 Å². The molecule has 7 heteroatoms. The lowest BCUT2D eigenvalue weighted by Gasteiger charge is -2.10. The first-order chi connectivity index (χ1) is 8.47. The fourth-order valence-electron chi connectivity index (χ4n) is 1.29. The quantitative estimate of drug-likeness (QED) is 0.879. The molecule has 1 aromatic carbocycles. The molecule has 18 heavy (non-hydrogen) atoms. The summed E-state index contributed by atoms with van der Waals surface area (Å²) in [5.41, 5.74) is 5.41. The van der Waals surface area contributed by atoms with Crippen LogP contribution in [0.25, 0.3) is 0 Å². The van der Waals surface area contributed by atoms with Crippen molar-refractivity contribution in [3.05, 3.63) is 45.9 Å². The van der Waals surface area contributed by atoms with Gasteiger partial charge in [-0.05, 0) is 18.2 Å². The highest BCUT2D eigenvalue weighted by Crippen LogP contribution is 2.30. The molecule has 3 N–H and O–H groups in total. The van der Waals surface area contributed by atoms with Crippen LogP contribution < -0.4 is 11.1 Å². The topological polar surface area (TPSA) is 50.9 Å². The molecule has 0 saturated heterocycles. The first kappa shape index (κ1) is 12.9. The van der Waals surface area contributed by atoms with Gasteiger partial charge in [0.25, 0.3) is 0 Å². The normalized spacial score (nSPS) is 10.4. The third kappa shape index (κ3) is 2.63. The third-order valence-electron chi connectivity index (χ3n) is 2.14. The summed E-state index contributed by atoms with van der Waals surface area (Å²) in [5, 5.41) is 2.89. The van der Waals surface area contributed by atoms with E-state index in [-0.39, 0.29) is 27.4 Å². The second-order valence-electron chi connectivity index (χ2n) is 3.44. The molecular formula is C11H7Cl2F2N3. The van der Waals surface area contributed by atoms with E-state index in [2.05, 4.69) is 10.3 Å². The summed E-state index contributed by atoms with van der Waals surface area (Å²) in [7, 11) is 0. The molecule has 0 radical (unpaired) electrons. The standard InChI is InChI=1S/C11H7Cl2F2N3/c12-6-4-7(13)11(18-10(6)16)17-9-3-5(14)1-2-8(9)15/h1-4H,(H3,16,17,18). The first-order valence-corrected chi connectivity index (χ1v) is 5.56. The van der Waals surface area contributed by atoms with Gasteiger partial charge in [0.2, 0.25) is 0 Å². The number of nitrogens with one attached hydrogen (secondary N) is 1. The fraction of sp³-hybridized carbons (Fsp3) is 0. The van der Waals surface area contributed by atoms with Crippen molar-refractivity contribution < 1.29 is 8.78 Å². The molecule has 0 atom stereocenters. The number of hydrogen-bond donors (Lipinski definition) is 2. The van der Waals surface area contributed by atoms with Crippen molar-refractivity contribution >= 4 is 40.5 Å². The number of aromatic nitrogens is 1. The molecule has 0 amide bonds. The predicted molar refractivity (Wildman–Crippen MR) is 68.3 cm³/mol. The lowest BCUT2D eigenvalue weighted by Crippen LogP contribution is -2.01. The van der Waals surface area contributed by atoms with E-state index in [1.54, 1.807) is 0 Å². The molecule has 94 valence electrons. The molecule has 0 aliphatic heterocycles. The predicted octanol–water partition coefficient (Wildman–Crippen LogP) is 3.99. The summed E-state index contributed by atoms with van der Waals surface area (Å²) in [6, 6.07) is 4.35. The van der Waals surface area contributed by atoms with Gasteiger partial charge in [-0.1, -0.05) is 23.2 Å². The number of nitrogens with two attached hydrogens (primary N) is 1. The van der Waals surface area contributed by atoms with Crippen LogP contribution in [0.3, 0.4) is 0 Å². The molecule has 0 saturated carbocycles. The number of nitrogens with zero attached hydrogens (tertiary/aromatic N) is 1. The van der Waals surface area contributed by atoms with Gasteiger partial charge in [0.1, 0.15) is 17.5 Å². The van der Waals surface area contributed by atoms with E-state index >= 15 is 0 Å². The molecule has 0 spiro atoms. The Kier molecular flexibility index (Phi) is 3.54. The number of anilines is 3. The van der Waals surface area contributed by atoms with Crippen molar-refractivity contribution in [1.82, 2.24) is 4.98 Å². The van der Waals surface area contributed by atoms with Crippen LogP contribution in [0.1, 0.15) is 0 Å². The maximum atomic E-state index is 13.4. The molecule has 0 aliphatic rings. The summed E-state index contributed by atoms with van der Waals surface area (Å²) < 4.78 is 26.4. The maximum Gasteiger partial charge on any atom is 0.151 e. The second kappa shape index (κ2) is 4.96. The maximum absolute atomic E-state index is 13.4. The van der Waals surface area contributed by atoms with Gasteiger partial charge >= 0.3 is 0 Å². The van der Waals surface area contributed by atoms with Crippen LogP contribution in [0.5, 0.6) is 0 Å². The van der Waals surface area contributed by atoms with Crippen LogP contribution in [0.15, 0.2) is 24.3 Å². The summed E-state index contributed by atoms with van der Waals surface area (Å²) >= 11 is 11.6.